The monoisotopic (exact) mass is 479 g/mol. The first-order chi connectivity index (χ1) is 14.9. The Morgan fingerprint density at radius 1 is 1.10 bits per heavy atom. The zero-order valence-corrected chi connectivity index (χ0v) is 19.7. The van der Waals surface area contributed by atoms with E-state index in [2.05, 4.69) is 23.9 Å². The number of rotatable bonds is 9. The molecule has 0 saturated heterocycles. The van der Waals surface area contributed by atoms with Crippen LogP contribution < -0.4 is 10.0 Å². The molecule has 1 heterocycles. The van der Waals surface area contributed by atoms with E-state index >= 15 is 0 Å². The maximum absolute atomic E-state index is 13.1. The van der Waals surface area contributed by atoms with Gasteiger partial charge in [0, 0.05) is 35.2 Å². The quantitative estimate of drug-likeness (QED) is 0.394. The first-order valence-corrected chi connectivity index (χ1v) is 13.6. The van der Waals surface area contributed by atoms with Gasteiger partial charge >= 0.3 is 0 Å². The zero-order chi connectivity index (χ0) is 22.4. The van der Waals surface area contributed by atoms with Crippen molar-refractivity contribution in [2.24, 2.45) is 5.92 Å². The number of para-hydroxylation sites is 1. The molecule has 2 atom stereocenters. The summed E-state index contributed by atoms with van der Waals surface area (Å²) in [6.45, 7) is 4.16. The molecule has 10 heteroatoms. The number of sulfonamides is 1. The highest BCUT2D eigenvalue weighted by Crippen LogP contribution is 2.36. The molecule has 0 aliphatic carbocycles. The fraction of sp³-hybridized carbons (Fsp3) is 0.333. The number of anilines is 1. The molecule has 166 valence electrons. The largest absolute Gasteiger partial charge is 0.372 e. The van der Waals surface area contributed by atoms with Gasteiger partial charge in [-0.2, -0.15) is 11.8 Å². The summed E-state index contributed by atoms with van der Waals surface area (Å²) in [5.41, 5.74) is 2.34. The van der Waals surface area contributed by atoms with Gasteiger partial charge in [0.05, 0.1) is 15.2 Å². The van der Waals surface area contributed by atoms with E-state index in [0.717, 1.165) is 28.5 Å². The third-order valence-corrected chi connectivity index (χ3v) is 8.33. The number of thioether (sulfide) groups is 2. The number of nitro groups is 1. The Bertz CT molecular complexity index is 1060. The summed E-state index contributed by atoms with van der Waals surface area (Å²) in [6.07, 6.45) is 1.89. The molecular formula is C21H25N3O4S3. The Balaban J connectivity index is 2.00. The Morgan fingerprint density at radius 3 is 2.45 bits per heavy atom. The van der Waals surface area contributed by atoms with Crippen LogP contribution in [0.2, 0.25) is 0 Å². The lowest BCUT2D eigenvalue weighted by Crippen LogP contribution is -2.35. The molecule has 0 bridgehead atoms. The Kier molecular flexibility index (Phi) is 7.90. The predicted octanol–water partition coefficient (Wildman–Crippen LogP) is 4.79. The summed E-state index contributed by atoms with van der Waals surface area (Å²) in [6, 6.07) is 12.7. The number of hydrogen-bond acceptors (Lipinski definition) is 7. The molecule has 0 aromatic heterocycles. The van der Waals surface area contributed by atoms with Gasteiger partial charge in [0.2, 0.25) is 0 Å². The first kappa shape index (κ1) is 23.5. The van der Waals surface area contributed by atoms with Crippen molar-refractivity contribution in [2.75, 3.05) is 22.6 Å². The number of nitrogens with one attached hydrogen (secondary N) is 2. The fourth-order valence-electron chi connectivity index (χ4n) is 3.27. The van der Waals surface area contributed by atoms with Gasteiger partial charge in [-0.25, -0.2) is 8.42 Å². The summed E-state index contributed by atoms with van der Waals surface area (Å²) < 4.78 is 29.1. The second kappa shape index (κ2) is 10.4. The van der Waals surface area contributed by atoms with Gasteiger partial charge in [-0.3, -0.25) is 14.8 Å². The predicted molar refractivity (Wildman–Crippen MR) is 130 cm³/mol. The third-order valence-electron chi connectivity index (χ3n) is 4.79. The highest BCUT2D eigenvalue weighted by Gasteiger charge is 2.31. The van der Waals surface area contributed by atoms with Crippen LogP contribution in [0.1, 0.15) is 19.4 Å². The SMILES string of the molecule is CCSCC1C(NS(=O)(=O)c2ccc([N+](=O)[O-])cc2)=Cc2ccccc2NC1SCC. The average Bonchev–Trinajstić information content (AvgIpc) is 2.88. The van der Waals surface area contributed by atoms with Gasteiger partial charge in [0.25, 0.3) is 15.7 Å². The summed E-state index contributed by atoms with van der Waals surface area (Å²) >= 11 is 3.50. The van der Waals surface area contributed by atoms with Crippen LogP contribution in [0.3, 0.4) is 0 Å². The molecule has 31 heavy (non-hydrogen) atoms. The van der Waals surface area contributed by atoms with Gasteiger partial charge < -0.3 is 5.32 Å². The van der Waals surface area contributed by atoms with E-state index in [4.69, 9.17) is 0 Å². The molecule has 0 saturated carbocycles. The standard InChI is InChI=1S/C21H25N3O4S3/c1-3-29-14-18-20(13-15-7-5-6-8-19(15)22-21(18)30-4-2)23-31(27,28)17-11-9-16(10-12-17)24(25)26/h5-13,18,21-23H,3-4,14H2,1-2H3. The molecule has 3 rings (SSSR count). The van der Waals surface area contributed by atoms with Gasteiger partial charge in [0.1, 0.15) is 0 Å². The Labute approximate surface area is 191 Å². The van der Waals surface area contributed by atoms with Crippen molar-refractivity contribution in [3.8, 4) is 0 Å². The van der Waals surface area contributed by atoms with Gasteiger partial charge in [0.15, 0.2) is 0 Å². The molecular weight excluding hydrogens is 454 g/mol. The topological polar surface area (TPSA) is 101 Å². The van der Waals surface area contributed by atoms with Crippen LogP contribution in [0.4, 0.5) is 11.4 Å². The summed E-state index contributed by atoms with van der Waals surface area (Å²) in [5.74, 6) is 2.49. The molecule has 1 aliphatic heterocycles. The van der Waals surface area contributed by atoms with E-state index in [1.807, 2.05) is 30.3 Å². The third kappa shape index (κ3) is 5.75. The van der Waals surface area contributed by atoms with Crippen LogP contribution >= 0.6 is 23.5 Å². The van der Waals surface area contributed by atoms with E-state index in [0.29, 0.717) is 5.70 Å². The molecule has 7 nitrogen and oxygen atoms in total. The van der Waals surface area contributed by atoms with Crippen LogP contribution in [-0.4, -0.2) is 36.0 Å². The summed E-state index contributed by atoms with van der Waals surface area (Å²) in [5, 5.41) is 14.5. The minimum Gasteiger partial charge on any atom is -0.372 e. The number of fused-ring (bicyclic) bond motifs is 1. The van der Waals surface area contributed by atoms with E-state index in [-0.39, 0.29) is 21.9 Å². The molecule has 2 unspecified atom stereocenters. The highest BCUT2D eigenvalue weighted by molar-refractivity contribution is 8.00. The highest BCUT2D eigenvalue weighted by atomic mass is 32.2. The number of hydrogen-bond donors (Lipinski definition) is 2. The maximum Gasteiger partial charge on any atom is 0.269 e. The lowest BCUT2D eigenvalue weighted by molar-refractivity contribution is -0.384. The summed E-state index contributed by atoms with van der Waals surface area (Å²) in [4.78, 5) is 10.3. The van der Waals surface area contributed by atoms with Crippen molar-refractivity contribution in [1.82, 2.24) is 4.72 Å². The average molecular weight is 480 g/mol. The normalized spacial score (nSPS) is 18.3. The molecule has 0 fully saturated rings. The molecule has 0 radical (unpaired) electrons. The summed E-state index contributed by atoms with van der Waals surface area (Å²) in [7, 11) is -3.90. The molecule has 2 N–H and O–H groups in total. The van der Waals surface area contributed by atoms with Crippen molar-refractivity contribution in [1.29, 1.82) is 0 Å². The number of nitro benzene ring substituents is 1. The molecule has 0 spiro atoms. The van der Waals surface area contributed by atoms with Crippen molar-refractivity contribution >= 4 is 51.0 Å². The van der Waals surface area contributed by atoms with Crippen molar-refractivity contribution in [2.45, 2.75) is 24.1 Å². The second-order valence-electron chi connectivity index (χ2n) is 6.83. The number of nitrogens with zero attached hydrogens (tertiary/aromatic N) is 1. The van der Waals surface area contributed by atoms with E-state index in [1.54, 1.807) is 23.5 Å². The Morgan fingerprint density at radius 2 is 1.81 bits per heavy atom. The maximum atomic E-state index is 13.1. The van der Waals surface area contributed by atoms with E-state index < -0.39 is 14.9 Å². The van der Waals surface area contributed by atoms with E-state index in [9.17, 15) is 18.5 Å². The number of non-ortho nitro benzene ring substituents is 1. The molecule has 1 aliphatic rings. The van der Waals surface area contributed by atoms with Gasteiger partial charge in [-0.05, 0) is 41.3 Å². The Hall–Kier alpha value is -2.17. The van der Waals surface area contributed by atoms with Crippen LogP contribution in [0.5, 0.6) is 0 Å². The lowest BCUT2D eigenvalue weighted by atomic mass is 10.1. The molecule has 0 amide bonds. The van der Waals surface area contributed by atoms with E-state index in [1.165, 1.54) is 24.3 Å². The van der Waals surface area contributed by atoms with Crippen LogP contribution in [0.15, 0.2) is 59.1 Å². The van der Waals surface area contributed by atoms with Crippen molar-refractivity contribution in [3.05, 3.63) is 69.9 Å². The van der Waals surface area contributed by atoms with Crippen LogP contribution in [0, 0.1) is 16.0 Å². The van der Waals surface area contributed by atoms with Crippen molar-refractivity contribution in [3.63, 3.8) is 0 Å². The van der Waals surface area contributed by atoms with Crippen molar-refractivity contribution < 1.29 is 13.3 Å². The van der Waals surface area contributed by atoms with Gasteiger partial charge in [-0.15, -0.1) is 11.8 Å². The molecule has 2 aromatic rings. The zero-order valence-electron chi connectivity index (χ0n) is 17.3. The first-order valence-electron chi connectivity index (χ1n) is 9.89. The molecule has 2 aromatic carbocycles. The minimum absolute atomic E-state index is 0.00138. The lowest BCUT2D eigenvalue weighted by Gasteiger charge is -2.28. The fourth-order valence-corrected chi connectivity index (χ4v) is 6.43. The van der Waals surface area contributed by atoms with Crippen LogP contribution in [-0.2, 0) is 10.0 Å². The second-order valence-corrected chi connectivity index (χ2v) is 11.2. The smallest absolute Gasteiger partial charge is 0.269 e. The number of benzene rings is 2. The minimum atomic E-state index is -3.90. The van der Waals surface area contributed by atoms with Gasteiger partial charge in [-0.1, -0.05) is 32.0 Å². The van der Waals surface area contributed by atoms with Crippen LogP contribution in [0.25, 0.3) is 6.08 Å².